The van der Waals surface area contributed by atoms with Gasteiger partial charge in [0, 0.05) is 19.8 Å². The van der Waals surface area contributed by atoms with Crippen LogP contribution in [0.25, 0.3) is 0 Å². The molecule has 1 N–H and O–H groups in total. The Morgan fingerprint density at radius 3 is 2.32 bits per heavy atom. The predicted molar refractivity (Wildman–Crippen MR) is 62.0 cm³/mol. The molecule has 0 saturated heterocycles. The van der Waals surface area contributed by atoms with Crippen molar-refractivity contribution in [1.29, 1.82) is 0 Å². The molecule has 0 bridgehead atoms. The van der Waals surface area contributed by atoms with Crippen molar-refractivity contribution in [3.8, 4) is 0 Å². The van der Waals surface area contributed by atoms with Gasteiger partial charge in [-0.05, 0) is 18.2 Å². The number of anilines is 1. The first-order valence-electron chi connectivity index (χ1n) is 4.96. The number of carbonyl (C=O) groups is 1. The Bertz CT molecular complexity index is 582. The minimum atomic E-state index is -5.03. The van der Waals surface area contributed by atoms with Crippen molar-refractivity contribution in [3.05, 3.63) is 24.3 Å². The fourth-order valence-electron chi connectivity index (χ4n) is 1.15. The number of benzene rings is 1. The van der Waals surface area contributed by atoms with Crippen LogP contribution in [-0.2, 0) is 14.8 Å². The molecule has 0 aliphatic carbocycles. The van der Waals surface area contributed by atoms with Gasteiger partial charge in [0.2, 0.25) is 10.0 Å². The third kappa shape index (κ3) is 3.67. The summed E-state index contributed by atoms with van der Waals surface area (Å²) in [7, 11) is -1.19. The molecule has 0 aromatic heterocycles. The van der Waals surface area contributed by atoms with Crippen molar-refractivity contribution in [2.24, 2.45) is 0 Å². The van der Waals surface area contributed by atoms with Crippen LogP contribution in [0.3, 0.4) is 0 Å². The van der Waals surface area contributed by atoms with Crippen LogP contribution in [-0.4, -0.2) is 38.9 Å². The van der Waals surface area contributed by atoms with Crippen LogP contribution in [0.1, 0.15) is 0 Å². The number of carbonyl (C=O) groups excluding carboxylic acids is 1. The number of halogens is 3. The number of hydrogen-bond donors (Lipinski definition) is 1. The molecule has 0 atom stereocenters. The monoisotopic (exact) mass is 296 g/mol. The molecule has 0 fully saturated rings. The lowest BCUT2D eigenvalue weighted by Gasteiger charge is -2.13. The van der Waals surface area contributed by atoms with Crippen LogP contribution < -0.4 is 5.32 Å². The molecule has 0 heterocycles. The van der Waals surface area contributed by atoms with Gasteiger partial charge in [-0.2, -0.15) is 13.2 Å². The highest BCUT2D eigenvalue weighted by Gasteiger charge is 2.38. The zero-order valence-corrected chi connectivity index (χ0v) is 10.8. The van der Waals surface area contributed by atoms with E-state index in [1.807, 2.05) is 0 Å². The number of amides is 1. The fraction of sp³-hybridized carbons (Fsp3) is 0.300. The Morgan fingerprint density at radius 1 is 1.26 bits per heavy atom. The normalized spacial score (nSPS) is 12.5. The third-order valence-corrected chi connectivity index (χ3v) is 3.94. The second kappa shape index (κ2) is 5.17. The molecule has 5 nitrogen and oxygen atoms in total. The van der Waals surface area contributed by atoms with Crippen LogP contribution in [0.2, 0.25) is 0 Å². The third-order valence-electron chi connectivity index (χ3n) is 2.13. The van der Waals surface area contributed by atoms with E-state index in [1.54, 1.807) is 5.32 Å². The van der Waals surface area contributed by atoms with E-state index in [0.29, 0.717) is 0 Å². The summed E-state index contributed by atoms with van der Waals surface area (Å²) >= 11 is 0. The van der Waals surface area contributed by atoms with Crippen LogP contribution >= 0.6 is 0 Å². The van der Waals surface area contributed by atoms with Crippen molar-refractivity contribution in [3.63, 3.8) is 0 Å². The van der Waals surface area contributed by atoms with E-state index in [4.69, 9.17) is 0 Å². The zero-order chi connectivity index (χ0) is 14.8. The Balaban J connectivity index is 3.06. The maximum absolute atomic E-state index is 12.1. The van der Waals surface area contributed by atoms with Crippen LogP contribution in [0.4, 0.5) is 18.9 Å². The van der Waals surface area contributed by atoms with Gasteiger partial charge in [0.1, 0.15) is 0 Å². The number of nitrogens with one attached hydrogen (secondary N) is 1. The van der Waals surface area contributed by atoms with Gasteiger partial charge in [0.25, 0.3) is 0 Å². The van der Waals surface area contributed by atoms with Gasteiger partial charge in [-0.1, -0.05) is 6.07 Å². The molecular weight excluding hydrogens is 285 g/mol. The number of nitrogens with zero attached hydrogens (tertiary/aromatic N) is 1. The number of hydrogen-bond acceptors (Lipinski definition) is 3. The zero-order valence-electron chi connectivity index (χ0n) is 10.0. The van der Waals surface area contributed by atoms with Crippen molar-refractivity contribution < 1.29 is 26.4 Å². The van der Waals surface area contributed by atoms with Crippen LogP contribution in [0.5, 0.6) is 0 Å². The second-order valence-electron chi connectivity index (χ2n) is 3.77. The minimum Gasteiger partial charge on any atom is -0.318 e. The molecule has 1 rings (SSSR count). The largest absolute Gasteiger partial charge is 0.471 e. The Labute approximate surface area is 108 Å². The summed E-state index contributed by atoms with van der Waals surface area (Å²) in [6.07, 6.45) is -5.03. The first kappa shape index (κ1) is 15.4. The van der Waals surface area contributed by atoms with E-state index in [9.17, 15) is 26.4 Å². The van der Waals surface area contributed by atoms with Crippen LogP contribution in [0.15, 0.2) is 29.2 Å². The highest BCUT2D eigenvalue weighted by molar-refractivity contribution is 7.89. The van der Waals surface area contributed by atoms with Gasteiger partial charge >= 0.3 is 12.1 Å². The van der Waals surface area contributed by atoms with E-state index < -0.39 is 22.1 Å². The molecule has 0 aliphatic rings. The first-order chi connectivity index (χ1) is 8.55. The van der Waals surface area contributed by atoms with Crippen molar-refractivity contribution in [1.82, 2.24) is 4.31 Å². The fourth-order valence-corrected chi connectivity index (χ4v) is 2.10. The summed E-state index contributed by atoms with van der Waals surface area (Å²) in [5.41, 5.74) is -0.245. The maximum Gasteiger partial charge on any atom is 0.471 e. The number of rotatable bonds is 3. The quantitative estimate of drug-likeness (QED) is 0.917. The minimum absolute atomic E-state index is 0.211. The summed E-state index contributed by atoms with van der Waals surface area (Å²) in [5.74, 6) is -2.16. The molecule has 1 amide bonds. The lowest BCUT2D eigenvalue weighted by molar-refractivity contribution is -0.167. The Kier molecular flexibility index (Phi) is 4.21. The molecule has 0 spiro atoms. The summed E-state index contributed by atoms with van der Waals surface area (Å²) in [4.78, 5) is 10.5. The van der Waals surface area contributed by atoms with Gasteiger partial charge in [-0.15, -0.1) is 0 Å². The van der Waals surface area contributed by atoms with Crippen molar-refractivity contribution in [2.75, 3.05) is 19.4 Å². The molecule has 1 aromatic carbocycles. The summed E-state index contributed by atoms with van der Waals surface area (Å²) in [5, 5.41) is 1.59. The van der Waals surface area contributed by atoms with Crippen LogP contribution in [0, 0.1) is 0 Å². The summed E-state index contributed by atoms with van der Waals surface area (Å²) in [6.45, 7) is 0. The van der Waals surface area contributed by atoms with Gasteiger partial charge in [0.15, 0.2) is 0 Å². The molecule has 106 valence electrons. The SMILES string of the molecule is CN(C)S(=O)(=O)c1cccc(NC(=O)C(F)(F)F)c1. The maximum atomic E-state index is 12.1. The van der Waals surface area contributed by atoms with Gasteiger partial charge in [-0.25, -0.2) is 12.7 Å². The molecule has 19 heavy (non-hydrogen) atoms. The molecule has 0 saturated carbocycles. The Hall–Kier alpha value is -1.61. The second-order valence-corrected chi connectivity index (χ2v) is 5.92. The first-order valence-corrected chi connectivity index (χ1v) is 6.40. The molecule has 9 heteroatoms. The predicted octanol–water partition coefficient (Wildman–Crippen LogP) is 1.44. The van der Waals surface area contributed by atoms with E-state index >= 15 is 0 Å². The highest BCUT2D eigenvalue weighted by atomic mass is 32.2. The lowest BCUT2D eigenvalue weighted by atomic mass is 10.3. The standard InChI is InChI=1S/C10H11F3N2O3S/c1-15(2)19(17,18)8-5-3-4-7(6-8)14-9(16)10(11,12)13/h3-6H,1-2H3,(H,14,16). The van der Waals surface area contributed by atoms with E-state index in [2.05, 4.69) is 0 Å². The number of alkyl halides is 3. The average Bonchev–Trinajstić information content (AvgIpc) is 2.27. The molecule has 0 unspecified atom stereocenters. The lowest BCUT2D eigenvalue weighted by Crippen LogP contribution is -2.30. The summed E-state index contributed by atoms with van der Waals surface area (Å²) < 4.78 is 60.6. The van der Waals surface area contributed by atoms with Gasteiger partial charge in [-0.3, -0.25) is 4.79 Å². The number of sulfonamides is 1. The average molecular weight is 296 g/mol. The summed E-state index contributed by atoms with van der Waals surface area (Å²) in [6, 6.07) is 4.58. The smallest absolute Gasteiger partial charge is 0.318 e. The highest BCUT2D eigenvalue weighted by Crippen LogP contribution is 2.21. The van der Waals surface area contributed by atoms with E-state index in [-0.39, 0.29) is 10.6 Å². The molecule has 0 aliphatic heterocycles. The molecular formula is C10H11F3N2O3S. The molecule has 0 radical (unpaired) electrons. The van der Waals surface area contributed by atoms with Gasteiger partial charge in [0.05, 0.1) is 4.90 Å². The van der Waals surface area contributed by atoms with E-state index in [0.717, 1.165) is 10.4 Å². The topological polar surface area (TPSA) is 66.5 Å². The molecule has 1 aromatic rings. The van der Waals surface area contributed by atoms with Crippen molar-refractivity contribution >= 4 is 21.6 Å². The van der Waals surface area contributed by atoms with Crippen molar-refractivity contribution in [2.45, 2.75) is 11.1 Å². The Morgan fingerprint density at radius 2 is 1.84 bits per heavy atom. The van der Waals surface area contributed by atoms with Gasteiger partial charge < -0.3 is 5.32 Å². The van der Waals surface area contributed by atoms with E-state index in [1.165, 1.54) is 32.3 Å².